The minimum absolute atomic E-state index is 0.260. The monoisotopic (exact) mass is 298 g/mol. The quantitative estimate of drug-likeness (QED) is 0.819. The second-order valence-corrected chi connectivity index (χ2v) is 5.20. The molecule has 4 heteroatoms. The number of carboxylic acids is 2. The smallest absolute Gasteiger partial charge is 0.335 e. The Labute approximate surface area is 129 Å². The zero-order chi connectivity index (χ0) is 15.9. The first kappa shape index (κ1) is 15.8. The summed E-state index contributed by atoms with van der Waals surface area (Å²) < 4.78 is 0. The molecule has 0 spiro atoms. The molecular weight excluding hydrogens is 280 g/mol. The number of aryl methyl sites for hydroxylation is 1. The maximum atomic E-state index is 11.4. The van der Waals surface area contributed by atoms with Gasteiger partial charge in [-0.3, -0.25) is 4.79 Å². The highest BCUT2D eigenvalue weighted by molar-refractivity contribution is 5.87. The van der Waals surface area contributed by atoms with Crippen LogP contribution in [0.2, 0.25) is 0 Å². The minimum Gasteiger partial charge on any atom is -0.481 e. The fourth-order valence-electron chi connectivity index (χ4n) is 2.49. The average molecular weight is 298 g/mol. The van der Waals surface area contributed by atoms with Gasteiger partial charge in [0.15, 0.2) is 0 Å². The third-order valence-electron chi connectivity index (χ3n) is 3.63. The van der Waals surface area contributed by atoms with Crippen LogP contribution in [0.3, 0.4) is 0 Å². The number of aliphatic carboxylic acids is 1. The van der Waals surface area contributed by atoms with Crippen molar-refractivity contribution < 1.29 is 19.8 Å². The molecule has 0 aliphatic heterocycles. The Bertz CT molecular complexity index is 649. The molecule has 0 radical (unpaired) electrons. The Balaban J connectivity index is 1.98. The van der Waals surface area contributed by atoms with E-state index in [1.807, 2.05) is 36.4 Å². The molecule has 0 heterocycles. The van der Waals surface area contributed by atoms with E-state index in [2.05, 4.69) is 0 Å². The maximum Gasteiger partial charge on any atom is 0.335 e. The zero-order valence-electron chi connectivity index (χ0n) is 12.1. The lowest BCUT2D eigenvalue weighted by Crippen LogP contribution is -2.12. The summed E-state index contributed by atoms with van der Waals surface area (Å²) in [4.78, 5) is 22.3. The molecule has 2 aromatic carbocycles. The molecule has 0 aliphatic carbocycles. The Morgan fingerprint density at radius 3 is 2.32 bits per heavy atom. The van der Waals surface area contributed by atoms with Crippen LogP contribution >= 0.6 is 0 Å². The lowest BCUT2D eigenvalue weighted by atomic mass is 9.92. The van der Waals surface area contributed by atoms with Gasteiger partial charge in [0.05, 0.1) is 11.5 Å². The summed E-state index contributed by atoms with van der Waals surface area (Å²) in [5.74, 6) is -2.30. The maximum absolute atomic E-state index is 11.4. The first-order chi connectivity index (χ1) is 10.6. The summed E-state index contributed by atoms with van der Waals surface area (Å²) in [5.41, 5.74) is 1.97. The van der Waals surface area contributed by atoms with Crippen molar-refractivity contribution in [3.8, 4) is 0 Å². The summed E-state index contributed by atoms with van der Waals surface area (Å²) in [5, 5.41) is 18.3. The van der Waals surface area contributed by atoms with E-state index in [9.17, 15) is 14.7 Å². The van der Waals surface area contributed by atoms with E-state index < -0.39 is 17.9 Å². The third-order valence-corrected chi connectivity index (χ3v) is 3.63. The van der Waals surface area contributed by atoms with Gasteiger partial charge in [-0.25, -0.2) is 4.79 Å². The van der Waals surface area contributed by atoms with Crippen molar-refractivity contribution >= 4 is 11.9 Å². The van der Waals surface area contributed by atoms with Gasteiger partial charge in [0, 0.05) is 0 Å². The summed E-state index contributed by atoms with van der Waals surface area (Å²) >= 11 is 0. The Morgan fingerprint density at radius 1 is 0.955 bits per heavy atom. The molecular formula is C18H18O4. The topological polar surface area (TPSA) is 74.6 Å². The highest BCUT2D eigenvalue weighted by Crippen LogP contribution is 2.22. The van der Waals surface area contributed by atoms with Crippen LogP contribution < -0.4 is 0 Å². The Hall–Kier alpha value is -2.62. The van der Waals surface area contributed by atoms with Gasteiger partial charge in [0.2, 0.25) is 0 Å². The van der Waals surface area contributed by atoms with Gasteiger partial charge in [0.25, 0.3) is 0 Å². The van der Waals surface area contributed by atoms with E-state index in [1.165, 1.54) is 0 Å². The molecule has 2 N–H and O–H groups in total. The van der Waals surface area contributed by atoms with E-state index in [4.69, 9.17) is 5.11 Å². The number of aromatic carboxylic acids is 1. The molecule has 2 aromatic rings. The molecule has 114 valence electrons. The second kappa shape index (κ2) is 7.41. The Kier molecular flexibility index (Phi) is 5.31. The van der Waals surface area contributed by atoms with Crippen LogP contribution in [0.15, 0.2) is 54.6 Å². The fourth-order valence-corrected chi connectivity index (χ4v) is 2.49. The van der Waals surface area contributed by atoms with Crippen LogP contribution in [0.5, 0.6) is 0 Å². The number of carbonyl (C=O) groups is 2. The minimum atomic E-state index is -0.949. The normalized spacial score (nSPS) is 11.8. The fraction of sp³-hybridized carbons (Fsp3) is 0.222. The van der Waals surface area contributed by atoms with Crippen LogP contribution in [0.4, 0.5) is 0 Å². The lowest BCUT2D eigenvalue weighted by molar-refractivity contribution is -0.139. The van der Waals surface area contributed by atoms with E-state index in [-0.39, 0.29) is 5.56 Å². The summed E-state index contributed by atoms with van der Waals surface area (Å²) in [6.07, 6.45) is 1.88. The predicted octanol–water partition coefficient (Wildman–Crippen LogP) is 3.58. The molecule has 2 rings (SSSR count). The molecule has 22 heavy (non-hydrogen) atoms. The van der Waals surface area contributed by atoms with E-state index >= 15 is 0 Å². The molecule has 0 aromatic heterocycles. The molecule has 1 atom stereocenters. The van der Waals surface area contributed by atoms with Crippen LogP contribution in [0.25, 0.3) is 0 Å². The third kappa shape index (κ3) is 4.19. The molecule has 0 bridgehead atoms. The van der Waals surface area contributed by atoms with Crippen molar-refractivity contribution in [1.29, 1.82) is 0 Å². The number of carboxylic acid groups (broad SMARTS) is 2. The van der Waals surface area contributed by atoms with Gasteiger partial charge in [-0.2, -0.15) is 0 Å². The number of hydrogen-bond acceptors (Lipinski definition) is 2. The summed E-state index contributed by atoms with van der Waals surface area (Å²) in [6, 6.07) is 15.9. The van der Waals surface area contributed by atoms with Gasteiger partial charge in [-0.05, 0) is 42.5 Å². The summed E-state index contributed by atoms with van der Waals surface area (Å²) in [7, 11) is 0. The van der Waals surface area contributed by atoms with E-state index in [1.54, 1.807) is 18.2 Å². The van der Waals surface area contributed by atoms with Crippen molar-refractivity contribution in [2.45, 2.75) is 25.2 Å². The van der Waals surface area contributed by atoms with Crippen LogP contribution in [0.1, 0.15) is 40.2 Å². The lowest BCUT2D eigenvalue weighted by Gasteiger charge is -2.12. The Morgan fingerprint density at radius 2 is 1.68 bits per heavy atom. The molecule has 1 unspecified atom stereocenters. The van der Waals surface area contributed by atoms with Gasteiger partial charge < -0.3 is 10.2 Å². The molecule has 0 amide bonds. The predicted molar refractivity (Wildman–Crippen MR) is 83.2 cm³/mol. The number of hydrogen-bond donors (Lipinski definition) is 2. The molecule has 0 saturated carbocycles. The molecule has 0 saturated heterocycles. The van der Waals surface area contributed by atoms with Crippen molar-refractivity contribution in [2.24, 2.45) is 0 Å². The second-order valence-electron chi connectivity index (χ2n) is 5.20. The highest BCUT2D eigenvalue weighted by atomic mass is 16.4. The molecule has 0 fully saturated rings. The number of rotatable bonds is 7. The SMILES string of the molecule is O=C(O)c1cccc(CCCC(C(=O)O)c2ccccc2)c1. The first-order valence-electron chi connectivity index (χ1n) is 7.18. The first-order valence-corrected chi connectivity index (χ1v) is 7.18. The number of benzene rings is 2. The largest absolute Gasteiger partial charge is 0.481 e. The highest BCUT2D eigenvalue weighted by Gasteiger charge is 2.18. The molecule has 0 aliphatic rings. The van der Waals surface area contributed by atoms with E-state index in [0.29, 0.717) is 19.3 Å². The van der Waals surface area contributed by atoms with Crippen molar-refractivity contribution in [1.82, 2.24) is 0 Å². The van der Waals surface area contributed by atoms with Crippen LogP contribution in [-0.2, 0) is 11.2 Å². The van der Waals surface area contributed by atoms with Crippen molar-refractivity contribution in [3.63, 3.8) is 0 Å². The van der Waals surface area contributed by atoms with Gasteiger partial charge in [0.1, 0.15) is 0 Å². The zero-order valence-corrected chi connectivity index (χ0v) is 12.1. The summed E-state index contributed by atoms with van der Waals surface area (Å²) in [6.45, 7) is 0. The van der Waals surface area contributed by atoms with Crippen LogP contribution in [0, 0.1) is 0 Å². The van der Waals surface area contributed by atoms with Gasteiger partial charge >= 0.3 is 11.9 Å². The van der Waals surface area contributed by atoms with Crippen LogP contribution in [-0.4, -0.2) is 22.2 Å². The van der Waals surface area contributed by atoms with Crippen molar-refractivity contribution in [3.05, 3.63) is 71.3 Å². The van der Waals surface area contributed by atoms with Crippen molar-refractivity contribution in [2.75, 3.05) is 0 Å². The van der Waals surface area contributed by atoms with Gasteiger partial charge in [-0.1, -0.05) is 42.5 Å². The molecule has 4 nitrogen and oxygen atoms in total. The van der Waals surface area contributed by atoms with Gasteiger partial charge in [-0.15, -0.1) is 0 Å². The standard InChI is InChI=1S/C18H18O4/c19-17(20)15-10-4-6-13(12-15)7-5-11-16(18(21)22)14-8-2-1-3-9-14/h1-4,6,8-10,12,16H,5,7,11H2,(H,19,20)(H,21,22). The van der Waals surface area contributed by atoms with E-state index in [0.717, 1.165) is 11.1 Å². The average Bonchev–Trinajstić information content (AvgIpc) is 2.52.